The lowest BCUT2D eigenvalue weighted by atomic mass is 10.1. The summed E-state index contributed by atoms with van der Waals surface area (Å²) in [5.74, 6) is -0.395. The number of benzene rings is 1. The lowest BCUT2D eigenvalue weighted by molar-refractivity contribution is -0.122. The van der Waals surface area contributed by atoms with Gasteiger partial charge in [0.15, 0.2) is 0 Å². The summed E-state index contributed by atoms with van der Waals surface area (Å²) in [7, 11) is 0. The Hall–Kier alpha value is -2.93. The first-order chi connectivity index (χ1) is 13.2. The minimum atomic E-state index is -0.616. The van der Waals surface area contributed by atoms with Crippen LogP contribution in [-0.2, 0) is 17.8 Å². The van der Waals surface area contributed by atoms with E-state index in [4.69, 9.17) is 0 Å². The standard InChI is InChI=1S/C20H22N4O2S/c25-19(22-9-5-11-24-12-10-21-15-24)17(14-16-6-2-1-3-7-16)23-20(26)18-8-4-13-27-18/h1-4,6-8,10,12-13,15,17H,5,9,11,14H2,(H,22,25)(H,23,26). The second-order valence-electron chi connectivity index (χ2n) is 6.14. The third-order valence-electron chi connectivity index (χ3n) is 4.10. The SMILES string of the molecule is O=C(NC(Cc1ccccc1)C(=O)NCCCn1ccnc1)c1cccs1. The molecular formula is C20H22N4O2S. The van der Waals surface area contributed by atoms with E-state index in [1.807, 2.05) is 52.5 Å². The van der Waals surface area contributed by atoms with Crippen molar-refractivity contribution in [1.82, 2.24) is 20.2 Å². The fourth-order valence-electron chi connectivity index (χ4n) is 2.71. The molecule has 1 unspecified atom stereocenters. The van der Waals surface area contributed by atoms with Gasteiger partial charge in [-0.15, -0.1) is 11.3 Å². The van der Waals surface area contributed by atoms with Gasteiger partial charge in [-0.25, -0.2) is 4.98 Å². The topological polar surface area (TPSA) is 76.0 Å². The van der Waals surface area contributed by atoms with E-state index in [0.717, 1.165) is 18.5 Å². The minimum absolute atomic E-state index is 0.172. The smallest absolute Gasteiger partial charge is 0.262 e. The summed E-state index contributed by atoms with van der Waals surface area (Å²) < 4.78 is 1.96. The number of rotatable bonds is 9. The molecule has 7 heteroatoms. The van der Waals surface area contributed by atoms with Gasteiger partial charge in [0.05, 0.1) is 11.2 Å². The van der Waals surface area contributed by atoms with E-state index in [1.165, 1.54) is 11.3 Å². The molecule has 0 aliphatic heterocycles. The first-order valence-corrected chi connectivity index (χ1v) is 9.72. The van der Waals surface area contributed by atoms with Gasteiger partial charge in [0.2, 0.25) is 5.91 Å². The highest BCUT2D eigenvalue weighted by molar-refractivity contribution is 7.12. The van der Waals surface area contributed by atoms with Crippen LogP contribution in [-0.4, -0.2) is 34.0 Å². The number of hydrogen-bond acceptors (Lipinski definition) is 4. The summed E-state index contributed by atoms with van der Waals surface area (Å²) >= 11 is 1.36. The molecule has 2 aromatic heterocycles. The summed E-state index contributed by atoms with van der Waals surface area (Å²) in [4.78, 5) is 29.7. The van der Waals surface area contributed by atoms with Crippen molar-refractivity contribution in [2.75, 3.05) is 6.54 Å². The molecule has 1 aromatic carbocycles. The van der Waals surface area contributed by atoms with Crippen LogP contribution in [0.1, 0.15) is 21.7 Å². The second kappa shape index (κ2) is 9.68. The van der Waals surface area contributed by atoms with Crippen molar-refractivity contribution >= 4 is 23.2 Å². The third kappa shape index (κ3) is 5.79. The van der Waals surface area contributed by atoms with Crippen LogP contribution in [0.5, 0.6) is 0 Å². The first-order valence-electron chi connectivity index (χ1n) is 8.84. The molecule has 0 saturated carbocycles. The Morgan fingerprint density at radius 1 is 1.15 bits per heavy atom. The number of aromatic nitrogens is 2. The molecule has 0 radical (unpaired) electrons. The fourth-order valence-corrected chi connectivity index (χ4v) is 3.34. The maximum Gasteiger partial charge on any atom is 0.262 e. The number of amides is 2. The lowest BCUT2D eigenvalue weighted by Gasteiger charge is -2.18. The Kier molecular flexibility index (Phi) is 6.76. The van der Waals surface area contributed by atoms with Crippen LogP contribution >= 0.6 is 11.3 Å². The van der Waals surface area contributed by atoms with Gasteiger partial charge in [-0.05, 0) is 23.4 Å². The number of imidazole rings is 1. The summed E-state index contributed by atoms with van der Waals surface area (Å²) in [6, 6.07) is 12.7. The van der Waals surface area contributed by atoms with Crippen molar-refractivity contribution in [3.05, 3.63) is 77.0 Å². The molecule has 0 bridgehead atoms. The van der Waals surface area contributed by atoms with Crippen LogP contribution in [0.25, 0.3) is 0 Å². The Morgan fingerprint density at radius 2 is 2.00 bits per heavy atom. The monoisotopic (exact) mass is 382 g/mol. The maximum absolute atomic E-state index is 12.7. The van der Waals surface area contributed by atoms with Crippen LogP contribution in [0, 0.1) is 0 Å². The molecule has 3 aromatic rings. The molecule has 1 atom stereocenters. The average Bonchev–Trinajstić information content (AvgIpc) is 3.39. The summed E-state index contributed by atoms with van der Waals surface area (Å²) in [6.45, 7) is 1.32. The highest BCUT2D eigenvalue weighted by Gasteiger charge is 2.22. The number of nitrogens with one attached hydrogen (secondary N) is 2. The predicted octanol–water partition coefficient (Wildman–Crippen LogP) is 2.49. The highest BCUT2D eigenvalue weighted by Crippen LogP contribution is 2.10. The molecule has 27 heavy (non-hydrogen) atoms. The number of carbonyl (C=O) groups excluding carboxylic acids is 2. The van der Waals surface area contributed by atoms with E-state index >= 15 is 0 Å². The van der Waals surface area contributed by atoms with Crippen molar-refractivity contribution in [2.45, 2.75) is 25.4 Å². The van der Waals surface area contributed by atoms with Crippen LogP contribution in [0.15, 0.2) is 66.6 Å². The van der Waals surface area contributed by atoms with Gasteiger partial charge < -0.3 is 15.2 Å². The number of carbonyl (C=O) groups is 2. The zero-order chi connectivity index (χ0) is 18.9. The minimum Gasteiger partial charge on any atom is -0.354 e. The van der Waals surface area contributed by atoms with Crippen molar-refractivity contribution in [3.8, 4) is 0 Å². The lowest BCUT2D eigenvalue weighted by Crippen LogP contribution is -2.48. The maximum atomic E-state index is 12.7. The normalized spacial score (nSPS) is 11.7. The Labute approximate surface area is 162 Å². The molecule has 2 amide bonds. The van der Waals surface area contributed by atoms with Crippen LogP contribution in [0.4, 0.5) is 0 Å². The van der Waals surface area contributed by atoms with Gasteiger partial charge >= 0.3 is 0 Å². The van der Waals surface area contributed by atoms with Crippen molar-refractivity contribution in [2.24, 2.45) is 0 Å². The number of aryl methyl sites for hydroxylation is 1. The molecule has 2 heterocycles. The molecule has 0 spiro atoms. The Bertz CT molecular complexity index is 832. The second-order valence-corrected chi connectivity index (χ2v) is 7.09. The van der Waals surface area contributed by atoms with Gasteiger partial charge in [-0.3, -0.25) is 9.59 Å². The molecule has 140 valence electrons. The number of nitrogens with zero attached hydrogens (tertiary/aromatic N) is 2. The van der Waals surface area contributed by atoms with Gasteiger partial charge in [-0.1, -0.05) is 36.4 Å². The van der Waals surface area contributed by atoms with Crippen molar-refractivity contribution in [3.63, 3.8) is 0 Å². The zero-order valence-corrected chi connectivity index (χ0v) is 15.7. The van der Waals surface area contributed by atoms with Crippen LogP contribution in [0.2, 0.25) is 0 Å². The van der Waals surface area contributed by atoms with Crippen LogP contribution in [0.3, 0.4) is 0 Å². The Morgan fingerprint density at radius 3 is 2.70 bits per heavy atom. The first kappa shape index (κ1) is 18.8. The molecule has 0 saturated heterocycles. The largest absolute Gasteiger partial charge is 0.354 e. The fraction of sp³-hybridized carbons (Fsp3) is 0.250. The van der Waals surface area contributed by atoms with Gasteiger partial charge in [0, 0.05) is 31.9 Å². The number of thiophene rings is 1. The molecule has 6 nitrogen and oxygen atoms in total. The zero-order valence-electron chi connectivity index (χ0n) is 14.9. The summed E-state index contributed by atoms with van der Waals surface area (Å²) in [5, 5.41) is 7.64. The van der Waals surface area contributed by atoms with E-state index in [0.29, 0.717) is 17.8 Å². The van der Waals surface area contributed by atoms with Gasteiger partial charge in [0.25, 0.3) is 5.91 Å². The molecule has 0 aliphatic rings. The van der Waals surface area contributed by atoms with Gasteiger partial charge in [-0.2, -0.15) is 0 Å². The van der Waals surface area contributed by atoms with E-state index < -0.39 is 6.04 Å². The third-order valence-corrected chi connectivity index (χ3v) is 4.97. The molecule has 3 rings (SSSR count). The quantitative estimate of drug-likeness (QED) is 0.558. The van der Waals surface area contributed by atoms with E-state index in [-0.39, 0.29) is 11.8 Å². The molecule has 0 aliphatic carbocycles. The summed E-state index contributed by atoms with van der Waals surface area (Å²) in [6.07, 6.45) is 6.61. The molecule has 2 N–H and O–H groups in total. The molecular weight excluding hydrogens is 360 g/mol. The van der Waals surface area contributed by atoms with Crippen molar-refractivity contribution < 1.29 is 9.59 Å². The summed E-state index contributed by atoms with van der Waals surface area (Å²) in [5.41, 5.74) is 1.00. The number of hydrogen-bond donors (Lipinski definition) is 2. The Balaban J connectivity index is 1.57. The predicted molar refractivity (Wildman–Crippen MR) is 106 cm³/mol. The van der Waals surface area contributed by atoms with Crippen molar-refractivity contribution in [1.29, 1.82) is 0 Å². The van der Waals surface area contributed by atoms with E-state index in [9.17, 15) is 9.59 Å². The van der Waals surface area contributed by atoms with E-state index in [1.54, 1.807) is 18.6 Å². The van der Waals surface area contributed by atoms with Gasteiger partial charge in [0.1, 0.15) is 6.04 Å². The average molecular weight is 382 g/mol. The highest BCUT2D eigenvalue weighted by atomic mass is 32.1. The van der Waals surface area contributed by atoms with E-state index in [2.05, 4.69) is 15.6 Å². The molecule has 0 fully saturated rings. The van der Waals surface area contributed by atoms with Crippen LogP contribution < -0.4 is 10.6 Å².